The molecule has 1 saturated heterocycles. The molecule has 116 valence electrons. The van der Waals surface area contributed by atoms with Crippen molar-refractivity contribution in [1.82, 2.24) is 14.8 Å². The molecule has 0 saturated carbocycles. The molecular weight excluding hydrogens is 270 g/mol. The zero-order chi connectivity index (χ0) is 15.5. The maximum absolute atomic E-state index is 12.5. The van der Waals surface area contributed by atoms with E-state index in [2.05, 4.69) is 9.88 Å². The Bertz CT molecular complexity index is 491. The molecule has 21 heavy (non-hydrogen) atoms. The number of aliphatic hydroxyl groups is 1. The predicted molar refractivity (Wildman–Crippen MR) is 79.4 cm³/mol. The minimum atomic E-state index is -0.710. The van der Waals surface area contributed by atoms with Crippen LogP contribution in [0.25, 0.3) is 0 Å². The van der Waals surface area contributed by atoms with Gasteiger partial charge in [0.05, 0.1) is 12.7 Å². The van der Waals surface area contributed by atoms with Crippen molar-refractivity contribution in [3.05, 3.63) is 23.9 Å². The molecule has 1 aromatic heterocycles. The number of nitrogens with zero attached hydrogens (tertiary/aromatic N) is 3. The third kappa shape index (κ3) is 4.15. The van der Waals surface area contributed by atoms with Gasteiger partial charge in [-0.25, -0.2) is 4.98 Å². The van der Waals surface area contributed by atoms with Gasteiger partial charge in [0, 0.05) is 38.9 Å². The van der Waals surface area contributed by atoms with Crippen molar-refractivity contribution in [2.75, 3.05) is 39.8 Å². The van der Waals surface area contributed by atoms with Crippen molar-refractivity contribution in [1.29, 1.82) is 0 Å². The van der Waals surface area contributed by atoms with Crippen molar-refractivity contribution >= 4 is 5.91 Å². The monoisotopic (exact) mass is 293 g/mol. The van der Waals surface area contributed by atoms with Crippen molar-refractivity contribution in [3.63, 3.8) is 0 Å². The molecule has 2 heterocycles. The van der Waals surface area contributed by atoms with Crippen LogP contribution in [-0.4, -0.2) is 71.2 Å². The number of aromatic nitrogens is 1. The number of β-amino-alcohol motifs (C(OH)–C–C–N with tert-alkyl or cyclic N) is 1. The number of pyridine rings is 1. The molecule has 0 radical (unpaired) electrons. The van der Waals surface area contributed by atoms with Crippen LogP contribution in [0, 0.1) is 0 Å². The van der Waals surface area contributed by atoms with Crippen LogP contribution < -0.4 is 4.74 Å². The highest BCUT2D eigenvalue weighted by molar-refractivity contribution is 5.96. The lowest BCUT2D eigenvalue weighted by Crippen LogP contribution is -2.52. The Labute approximate surface area is 125 Å². The first-order valence-corrected chi connectivity index (χ1v) is 7.14. The van der Waals surface area contributed by atoms with Crippen molar-refractivity contribution < 1.29 is 14.6 Å². The first-order chi connectivity index (χ1) is 9.90. The average molecular weight is 293 g/mol. The maximum Gasteiger partial charge on any atom is 0.259 e. The third-order valence-corrected chi connectivity index (χ3v) is 3.46. The molecule has 2 rings (SSSR count). The fourth-order valence-electron chi connectivity index (χ4n) is 2.54. The van der Waals surface area contributed by atoms with Crippen LogP contribution in [0.3, 0.4) is 0 Å². The van der Waals surface area contributed by atoms with E-state index in [4.69, 9.17) is 4.74 Å². The standard InChI is InChI=1S/C15H23N3O3/c1-15(2,20)11-17-7-9-18(10-8-17)14(19)12-5-4-6-16-13(12)21-3/h4-6,20H,7-11H2,1-3H3. The van der Waals surface area contributed by atoms with E-state index in [1.807, 2.05) is 0 Å². The van der Waals surface area contributed by atoms with Gasteiger partial charge in [-0.15, -0.1) is 0 Å². The summed E-state index contributed by atoms with van der Waals surface area (Å²) in [7, 11) is 1.51. The van der Waals surface area contributed by atoms with Gasteiger partial charge in [0.1, 0.15) is 5.56 Å². The van der Waals surface area contributed by atoms with Crippen LogP contribution in [0.2, 0.25) is 0 Å². The van der Waals surface area contributed by atoms with Gasteiger partial charge in [0.2, 0.25) is 5.88 Å². The highest BCUT2D eigenvalue weighted by atomic mass is 16.5. The van der Waals surface area contributed by atoms with Crippen LogP contribution in [-0.2, 0) is 0 Å². The Morgan fingerprint density at radius 2 is 2.05 bits per heavy atom. The molecule has 0 bridgehead atoms. The second-order valence-corrected chi connectivity index (χ2v) is 5.94. The minimum absolute atomic E-state index is 0.0529. The molecule has 0 unspecified atom stereocenters. The zero-order valence-corrected chi connectivity index (χ0v) is 12.9. The molecule has 1 N–H and O–H groups in total. The smallest absolute Gasteiger partial charge is 0.259 e. The Morgan fingerprint density at radius 1 is 1.38 bits per heavy atom. The summed E-state index contributed by atoms with van der Waals surface area (Å²) in [5.74, 6) is 0.310. The van der Waals surface area contributed by atoms with Crippen LogP contribution in [0.4, 0.5) is 0 Å². The summed E-state index contributed by atoms with van der Waals surface area (Å²) < 4.78 is 5.14. The summed E-state index contributed by atoms with van der Waals surface area (Å²) in [6.07, 6.45) is 1.61. The summed E-state index contributed by atoms with van der Waals surface area (Å²) in [6, 6.07) is 3.47. The van der Waals surface area contributed by atoms with Crippen molar-refractivity contribution in [3.8, 4) is 5.88 Å². The highest BCUT2D eigenvalue weighted by Crippen LogP contribution is 2.17. The van der Waals surface area contributed by atoms with Gasteiger partial charge in [-0.1, -0.05) is 0 Å². The first kappa shape index (κ1) is 15.7. The fraction of sp³-hybridized carbons (Fsp3) is 0.600. The van der Waals surface area contributed by atoms with E-state index in [1.165, 1.54) is 7.11 Å². The molecule has 1 aromatic rings. The lowest BCUT2D eigenvalue weighted by molar-refractivity contribution is 0.0178. The molecule has 1 aliphatic heterocycles. The second-order valence-electron chi connectivity index (χ2n) is 5.94. The number of hydrogen-bond donors (Lipinski definition) is 1. The topological polar surface area (TPSA) is 65.9 Å². The van der Waals surface area contributed by atoms with Crippen LogP contribution in [0.1, 0.15) is 24.2 Å². The Kier molecular flexibility index (Phi) is 4.80. The normalized spacial score (nSPS) is 16.9. The third-order valence-electron chi connectivity index (χ3n) is 3.46. The highest BCUT2D eigenvalue weighted by Gasteiger charge is 2.26. The van der Waals surface area contributed by atoms with E-state index in [1.54, 1.807) is 37.1 Å². The molecule has 1 amide bonds. The molecule has 0 aromatic carbocycles. The van der Waals surface area contributed by atoms with Gasteiger partial charge < -0.3 is 14.7 Å². The van der Waals surface area contributed by atoms with E-state index in [0.717, 1.165) is 13.1 Å². The lowest BCUT2D eigenvalue weighted by atomic mass is 10.1. The number of hydrogen-bond acceptors (Lipinski definition) is 5. The number of piperazine rings is 1. The fourth-order valence-corrected chi connectivity index (χ4v) is 2.54. The summed E-state index contributed by atoms with van der Waals surface area (Å²) >= 11 is 0. The summed E-state index contributed by atoms with van der Waals surface area (Å²) in [5, 5.41) is 9.84. The summed E-state index contributed by atoms with van der Waals surface area (Å²) in [6.45, 7) is 7.03. The van der Waals surface area contributed by atoms with Gasteiger partial charge in [-0.2, -0.15) is 0 Å². The number of carbonyl (C=O) groups excluding carboxylic acids is 1. The zero-order valence-electron chi connectivity index (χ0n) is 12.9. The van der Waals surface area contributed by atoms with Crippen molar-refractivity contribution in [2.45, 2.75) is 19.4 Å². The van der Waals surface area contributed by atoms with Crippen LogP contribution in [0.5, 0.6) is 5.88 Å². The van der Waals surface area contributed by atoms with Gasteiger partial charge >= 0.3 is 0 Å². The quantitative estimate of drug-likeness (QED) is 0.881. The number of methoxy groups -OCH3 is 1. The number of rotatable bonds is 4. The molecule has 6 nitrogen and oxygen atoms in total. The Hall–Kier alpha value is -1.66. The molecule has 0 aliphatic carbocycles. The first-order valence-electron chi connectivity index (χ1n) is 7.14. The minimum Gasteiger partial charge on any atom is -0.480 e. The SMILES string of the molecule is COc1ncccc1C(=O)N1CCN(CC(C)(C)O)CC1. The molecule has 1 fully saturated rings. The lowest BCUT2D eigenvalue weighted by Gasteiger charge is -2.37. The van der Waals surface area contributed by atoms with Gasteiger partial charge in [0.25, 0.3) is 5.91 Å². The predicted octanol–water partition coefficient (Wildman–Crippen LogP) is 0.619. The Morgan fingerprint density at radius 3 is 2.62 bits per heavy atom. The molecule has 6 heteroatoms. The molecular formula is C15H23N3O3. The molecule has 1 aliphatic rings. The molecule has 0 spiro atoms. The Balaban J connectivity index is 1.97. The van der Waals surface area contributed by atoms with Gasteiger partial charge in [0.15, 0.2) is 0 Å². The van der Waals surface area contributed by atoms with E-state index >= 15 is 0 Å². The van der Waals surface area contributed by atoms with Crippen LogP contribution >= 0.6 is 0 Å². The van der Waals surface area contributed by atoms with E-state index in [0.29, 0.717) is 31.1 Å². The average Bonchev–Trinajstić information content (AvgIpc) is 2.45. The van der Waals surface area contributed by atoms with E-state index < -0.39 is 5.60 Å². The molecule has 0 atom stereocenters. The summed E-state index contributed by atoms with van der Waals surface area (Å²) in [4.78, 5) is 20.5. The summed E-state index contributed by atoms with van der Waals surface area (Å²) in [5.41, 5.74) is -0.213. The van der Waals surface area contributed by atoms with Crippen molar-refractivity contribution in [2.24, 2.45) is 0 Å². The van der Waals surface area contributed by atoms with Gasteiger partial charge in [-0.05, 0) is 26.0 Å². The number of amides is 1. The largest absolute Gasteiger partial charge is 0.480 e. The van der Waals surface area contributed by atoms with E-state index in [-0.39, 0.29) is 5.91 Å². The van der Waals surface area contributed by atoms with Crippen LogP contribution in [0.15, 0.2) is 18.3 Å². The van der Waals surface area contributed by atoms with Gasteiger partial charge in [-0.3, -0.25) is 9.69 Å². The second kappa shape index (κ2) is 6.41. The number of carbonyl (C=O) groups is 1. The maximum atomic E-state index is 12.5. The number of ether oxygens (including phenoxy) is 1. The van der Waals surface area contributed by atoms with E-state index in [9.17, 15) is 9.90 Å².